The zero-order valence-electron chi connectivity index (χ0n) is 12.9. The number of rotatable bonds is 6. The van der Waals surface area contributed by atoms with Gasteiger partial charge in [0.25, 0.3) is 5.91 Å². The number of ether oxygens (including phenoxy) is 1. The van der Waals surface area contributed by atoms with Gasteiger partial charge in [0, 0.05) is 12.7 Å². The minimum Gasteiger partial charge on any atom is -0.384 e. The normalized spacial score (nSPS) is 13.0. The second-order valence-electron chi connectivity index (χ2n) is 5.45. The van der Waals surface area contributed by atoms with E-state index in [0.29, 0.717) is 0 Å². The minimum atomic E-state index is -4.51. The Hall–Kier alpha value is -1.61. The first-order chi connectivity index (χ1) is 10.4. The summed E-state index contributed by atoms with van der Waals surface area (Å²) in [6.07, 6.45) is -4.51. The van der Waals surface area contributed by atoms with Crippen LogP contribution in [0.3, 0.4) is 0 Å². The number of benzene rings is 1. The standard InChI is InChI=1S/C14H18F3NO4S/c1-13(2,14(15,16)17)11-6-4-5-10(9-11)12(19)18-23(20,21)8-7-22-3/h4-6,9H,7-8H2,1-3H3,(H,18,19). The highest BCUT2D eigenvalue weighted by Crippen LogP contribution is 2.40. The van der Waals surface area contributed by atoms with E-state index in [1.807, 2.05) is 0 Å². The van der Waals surface area contributed by atoms with Gasteiger partial charge >= 0.3 is 6.18 Å². The van der Waals surface area contributed by atoms with Crippen LogP contribution in [-0.4, -0.2) is 40.0 Å². The van der Waals surface area contributed by atoms with Gasteiger partial charge in [0.1, 0.15) is 0 Å². The molecule has 0 aromatic heterocycles. The predicted molar refractivity (Wildman–Crippen MR) is 78.7 cm³/mol. The van der Waals surface area contributed by atoms with Crippen LogP contribution in [0.2, 0.25) is 0 Å². The molecule has 0 aliphatic rings. The topological polar surface area (TPSA) is 72.5 Å². The molecule has 0 aliphatic heterocycles. The fraction of sp³-hybridized carbons (Fsp3) is 0.500. The zero-order chi connectivity index (χ0) is 17.9. The molecule has 0 radical (unpaired) electrons. The SMILES string of the molecule is COCCS(=O)(=O)NC(=O)c1cccc(C(C)(C)C(F)(F)F)c1. The number of sulfonamides is 1. The van der Waals surface area contributed by atoms with Gasteiger partial charge in [0.05, 0.1) is 17.8 Å². The van der Waals surface area contributed by atoms with Crippen molar-refractivity contribution in [3.63, 3.8) is 0 Å². The van der Waals surface area contributed by atoms with Crippen LogP contribution in [-0.2, 0) is 20.2 Å². The number of halogens is 3. The lowest BCUT2D eigenvalue weighted by Gasteiger charge is -2.28. The molecule has 0 unspecified atom stereocenters. The molecule has 1 aromatic carbocycles. The molecule has 1 amide bonds. The molecule has 0 heterocycles. The Kier molecular flexibility index (Phi) is 5.81. The van der Waals surface area contributed by atoms with E-state index >= 15 is 0 Å². The van der Waals surface area contributed by atoms with Crippen LogP contribution in [0.1, 0.15) is 29.8 Å². The fourth-order valence-corrected chi connectivity index (χ4v) is 2.55. The number of amides is 1. The zero-order valence-corrected chi connectivity index (χ0v) is 13.7. The Morgan fingerprint density at radius 3 is 2.39 bits per heavy atom. The largest absolute Gasteiger partial charge is 0.397 e. The summed E-state index contributed by atoms with van der Waals surface area (Å²) in [5.74, 6) is -1.41. The number of hydrogen-bond acceptors (Lipinski definition) is 4. The third-order valence-corrected chi connectivity index (χ3v) is 4.56. The first-order valence-electron chi connectivity index (χ1n) is 6.62. The molecule has 1 rings (SSSR count). The highest BCUT2D eigenvalue weighted by atomic mass is 32.2. The Bertz CT molecular complexity index is 669. The summed E-state index contributed by atoms with van der Waals surface area (Å²) in [6, 6.07) is 4.80. The number of carbonyl (C=O) groups is 1. The van der Waals surface area contributed by atoms with Crippen LogP contribution in [0.25, 0.3) is 0 Å². The van der Waals surface area contributed by atoms with E-state index in [2.05, 4.69) is 4.74 Å². The van der Waals surface area contributed by atoms with Crippen LogP contribution >= 0.6 is 0 Å². The van der Waals surface area contributed by atoms with Crippen molar-refractivity contribution in [3.05, 3.63) is 35.4 Å². The lowest BCUT2D eigenvalue weighted by atomic mass is 9.83. The number of nitrogens with one attached hydrogen (secondary N) is 1. The smallest absolute Gasteiger partial charge is 0.384 e. The van der Waals surface area contributed by atoms with E-state index in [1.54, 1.807) is 4.72 Å². The molecule has 0 spiro atoms. The van der Waals surface area contributed by atoms with E-state index in [1.165, 1.54) is 25.3 Å². The second kappa shape index (κ2) is 6.88. The van der Waals surface area contributed by atoms with Gasteiger partial charge in [0.2, 0.25) is 10.0 Å². The molecule has 5 nitrogen and oxygen atoms in total. The summed E-state index contributed by atoms with van der Waals surface area (Å²) < 4.78 is 68.8. The Morgan fingerprint density at radius 2 is 1.87 bits per heavy atom. The van der Waals surface area contributed by atoms with Crippen molar-refractivity contribution >= 4 is 15.9 Å². The van der Waals surface area contributed by atoms with E-state index in [0.717, 1.165) is 19.9 Å². The fourth-order valence-electron chi connectivity index (χ4n) is 1.66. The highest BCUT2D eigenvalue weighted by molar-refractivity contribution is 7.90. The molecule has 130 valence electrons. The molecule has 0 fully saturated rings. The number of carbonyl (C=O) groups excluding carboxylic acids is 1. The predicted octanol–water partition coefficient (Wildman–Crippen LogP) is 2.23. The molecule has 1 aromatic rings. The minimum absolute atomic E-state index is 0.107. The maximum absolute atomic E-state index is 13.1. The lowest BCUT2D eigenvalue weighted by molar-refractivity contribution is -0.180. The monoisotopic (exact) mass is 353 g/mol. The quantitative estimate of drug-likeness (QED) is 0.851. The van der Waals surface area contributed by atoms with Crippen LogP contribution in [0.5, 0.6) is 0 Å². The first-order valence-corrected chi connectivity index (χ1v) is 8.27. The summed E-state index contributed by atoms with van der Waals surface area (Å²) in [6.45, 7) is 1.86. The molecular formula is C14H18F3NO4S. The van der Waals surface area contributed by atoms with Gasteiger partial charge < -0.3 is 4.74 Å². The average Bonchev–Trinajstić information content (AvgIpc) is 2.43. The summed E-state index contributed by atoms with van der Waals surface area (Å²) in [7, 11) is -2.61. The van der Waals surface area contributed by atoms with E-state index in [-0.39, 0.29) is 17.7 Å². The molecule has 0 saturated carbocycles. The van der Waals surface area contributed by atoms with Gasteiger partial charge in [-0.3, -0.25) is 4.79 Å². The maximum Gasteiger partial charge on any atom is 0.397 e. The lowest BCUT2D eigenvalue weighted by Crippen LogP contribution is -2.37. The number of alkyl halides is 3. The summed E-state index contributed by atoms with van der Waals surface area (Å²) in [5.41, 5.74) is -2.47. The van der Waals surface area contributed by atoms with Gasteiger partial charge in [-0.05, 0) is 31.5 Å². The third kappa shape index (κ3) is 4.93. The van der Waals surface area contributed by atoms with Crippen LogP contribution in [0.4, 0.5) is 13.2 Å². The summed E-state index contributed by atoms with van der Waals surface area (Å²) in [5, 5.41) is 0. The maximum atomic E-state index is 13.1. The van der Waals surface area contributed by atoms with Gasteiger partial charge in [-0.2, -0.15) is 13.2 Å². The van der Waals surface area contributed by atoms with Crippen molar-refractivity contribution in [2.75, 3.05) is 19.5 Å². The van der Waals surface area contributed by atoms with Crippen molar-refractivity contribution in [2.24, 2.45) is 0 Å². The van der Waals surface area contributed by atoms with E-state index in [9.17, 15) is 26.4 Å². The van der Waals surface area contributed by atoms with Gasteiger partial charge in [0.15, 0.2) is 0 Å². The van der Waals surface area contributed by atoms with E-state index < -0.39 is 33.3 Å². The third-order valence-electron chi connectivity index (χ3n) is 3.36. The Morgan fingerprint density at radius 1 is 1.26 bits per heavy atom. The second-order valence-corrected chi connectivity index (χ2v) is 7.29. The van der Waals surface area contributed by atoms with E-state index in [4.69, 9.17) is 0 Å². The molecule has 1 N–H and O–H groups in total. The van der Waals surface area contributed by atoms with Crippen molar-refractivity contribution in [1.82, 2.24) is 4.72 Å². The first kappa shape index (κ1) is 19.4. The van der Waals surface area contributed by atoms with Gasteiger partial charge in [-0.15, -0.1) is 0 Å². The van der Waals surface area contributed by atoms with Crippen molar-refractivity contribution in [1.29, 1.82) is 0 Å². The van der Waals surface area contributed by atoms with Gasteiger partial charge in [-0.1, -0.05) is 12.1 Å². The van der Waals surface area contributed by atoms with Gasteiger partial charge in [-0.25, -0.2) is 13.1 Å². The Labute approximate surface area is 132 Å². The molecule has 0 atom stereocenters. The van der Waals surface area contributed by atoms with Crippen molar-refractivity contribution < 1.29 is 31.1 Å². The van der Waals surface area contributed by atoms with Crippen molar-refractivity contribution in [2.45, 2.75) is 25.4 Å². The molecule has 0 saturated heterocycles. The van der Waals surface area contributed by atoms with Crippen LogP contribution in [0, 0.1) is 0 Å². The molecule has 0 bridgehead atoms. The van der Waals surface area contributed by atoms with Crippen LogP contribution < -0.4 is 4.72 Å². The molecule has 9 heteroatoms. The van der Waals surface area contributed by atoms with Crippen molar-refractivity contribution in [3.8, 4) is 0 Å². The van der Waals surface area contributed by atoms with Crippen LogP contribution in [0.15, 0.2) is 24.3 Å². The average molecular weight is 353 g/mol. The summed E-state index contributed by atoms with van der Waals surface area (Å²) >= 11 is 0. The highest BCUT2D eigenvalue weighted by Gasteiger charge is 2.48. The summed E-state index contributed by atoms with van der Waals surface area (Å²) in [4.78, 5) is 11.9. The molecule has 0 aliphatic carbocycles. The molecule has 23 heavy (non-hydrogen) atoms. The number of hydrogen-bond donors (Lipinski definition) is 1. The molecular weight excluding hydrogens is 335 g/mol. The Balaban J connectivity index is 3.04. The number of methoxy groups -OCH3 is 1.